The summed E-state index contributed by atoms with van der Waals surface area (Å²) in [6, 6.07) is 17.3. The second kappa shape index (κ2) is 7.84. The van der Waals surface area contributed by atoms with Gasteiger partial charge in [-0.05, 0) is 48.2 Å². The average molecular weight is 379 g/mol. The zero-order valence-corrected chi connectivity index (χ0v) is 15.6. The summed E-state index contributed by atoms with van der Waals surface area (Å²) in [5.41, 5.74) is 1.56. The van der Waals surface area contributed by atoms with E-state index in [4.69, 9.17) is 0 Å². The summed E-state index contributed by atoms with van der Waals surface area (Å²) in [4.78, 5) is 29.2. The lowest BCUT2D eigenvalue weighted by Crippen LogP contribution is -2.39. The van der Waals surface area contributed by atoms with E-state index in [1.807, 2.05) is 29.2 Å². The Balaban J connectivity index is 1.48. The Kier molecular flexibility index (Phi) is 5.10. The van der Waals surface area contributed by atoms with Crippen molar-refractivity contribution in [1.82, 2.24) is 9.47 Å². The lowest BCUT2D eigenvalue weighted by molar-refractivity contribution is -0.131. The first kappa shape index (κ1) is 18.2. The number of pyridine rings is 1. The molecule has 5 nitrogen and oxygen atoms in total. The van der Waals surface area contributed by atoms with Gasteiger partial charge in [0.15, 0.2) is 0 Å². The highest BCUT2D eigenvalue weighted by Crippen LogP contribution is 2.17. The first-order chi connectivity index (χ1) is 13.6. The van der Waals surface area contributed by atoms with Gasteiger partial charge in [-0.25, -0.2) is 4.39 Å². The van der Waals surface area contributed by atoms with Crippen molar-refractivity contribution in [1.29, 1.82) is 0 Å². The minimum Gasteiger partial charge on any atom is -0.370 e. The summed E-state index contributed by atoms with van der Waals surface area (Å²) < 4.78 is 14.7. The van der Waals surface area contributed by atoms with Gasteiger partial charge >= 0.3 is 0 Å². The Bertz CT molecular complexity index is 1050. The van der Waals surface area contributed by atoms with Crippen LogP contribution in [-0.4, -0.2) is 41.6 Å². The van der Waals surface area contributed by atoms with Crippen LogP contribution in [-0.2, 0) is 11.3 Å². The molecule has 2 heterocycles. The normalized spacial score (nSPS) is 14.9. The van der Waals surface area contributed by atoms with Crippen LogP contribution in [0.25, 0.3) is 10.9 Å². The zero-order valence-electron chi connectivity index (χ0n) is 15.6. The molecule has 1 aromatic heterocycles. The molecule has 0 radical (unpaired) electrons. The minimum atomic E-state index is -0.254. The van der Waals surface area contributed by atoms with E-state index in [9.17, 15) is 14.0 Å². The monoisotopic (exact) mass is 379 g/mol. The first-order valence-corrected chi connectivity index (χ1v) is 9.49. The van der Waals surface area contributed by atoms with E-state index < -0.39 is 0 Å². The van der Waals surface area contributed by atoms with Gasteiger partial charge < -0.3 is 9.80 Å². The third kappa shape index (κ3) is 3.76. The Morgan fingerprint density at radius 3 is 2.50 bits per heavy atom. The van der Waals surface area contributed by atoms with Gasteiger partial charge in [0.1, 0.15) is 12.4 Å². The van der Waals surface area contributed by atoms with E-state index in [1.54, 1.807) is 22.8 Å². The van der Waals surface area contributed by atoms with Crippen molar-refractivity contribution in [2.24, 2.45) is 0 Å². The fourth-order valence-corrected chi connectivity index (χ4v) is 3.72. The minimum absolute atomic E-state index is 0.0384. The van der Waals surface area contributed by atoms with E-state index in [1.165, 1.54) is 18.2 Å². The third-order valence-electron chi connectivity index (χ3n) is 5.23. The molecule has 28 heavy (non-hydrogen) atoms. The van der Waals surface area contributed by atoms with Crippen LogP contribution in [0.5, 0.6) is 0 Å². The van der Waals surface area contributed by atoms with Crippen molar-refractivity contribution in [2.75, 3.05) is 31.1 Å². The van der Waals surface area contributed by atoms with Gasteiger partial charge in [0.05, 0.1) is 5.52 Å². The molecule has 6 heteroatoms. The van der Waals surface area contributed by atoms with Crippen molar-refractivity contribution in [2.45, 2.75) is 13.0 Å². The number of halogens is 1. The van der Waals surface area contributed by atoms with Crippen LogP contribution in [0.2, 0.25) is 0 Å². The number of aromatic nitrogens is 1. The highest BCUT2D eigenvalue weighted by atomic mass is 19.1. The Morgan fingerprint density at radius 1 is 0.893 bits per heavy atom. The number of nitrogens with zero attached hydrogens (tertiary/aromatic N) is 3. The lowest BCUT2D eigenvalue weighted by atomic mass is 10.2. The van der Waals surface area contributed by atoms with E-state index in [-0.39, 0.29) is 23.8 Å². The van der Waals surface area contributed by atoms with Gasteiger partial charge in [-0.15, -0.1) is 0 Å². The Labute approximate surface area is 162 Å². The van der Waals surface area contributed by atoms with Crippen LogP contribution in [0.15, 0.2) is 65.5 Å². The van der Waals surface area contributed by atoms with Crippen molar-refractivity contribution in [3.05, 3.63) is 76.8 Å². The molecule has 4 rings (SSSR count). The van der Waals surface area contributed by atoms with Crippen LogP contribution < -0.4 is 10.5 Å². The van der Waals surface area contributed by atoms with Crippen LogP contribution in [0.3, 0.4) is 0 Å². The maximum Gasteiger partial charge on any atom is 0.251 e. The maximum absolute atomic E-state index is 13.2. The second-order valence-electron chi connectivity index (χ2n) is 7.01. The fourth-order valence-electron chi connectivity index (χ4n) is 3.72. The summed E-state index contributed by atoms with van der Waals surface area (Å²) in [6.45, 7) is 2.76. The summed E-state index contributed by atoms with van der Waals surface area (Å²) >= 11 is 0. The van der Waals surface area contributed by atoms with Crippen LogP contribution in [0.1, 0.15) is 6.42 Å². The molecule has 0 N–H and O–H groups in total. The topological polar surface area (TPSA) is 45.6 Å². The van der Waals surface area contributed by atoms with Crippen LogP contribution >= 0.6 is 0 Å². The van der Waals surface area contributed by atoms with Crippen molar-refractivity contribution in [3.63, 3.8) is 0 Å². The van der Waals surface area contributed by atoms with Gasteiger partial charge in [0.2, 0.25) is 5.91 Å². The van der Waals surface area contributed by atoms with E-state index in [0.717, 1.165) is 29.6 Å². The zero-order chi connectivity index (χ0) is 19.5. The van der Waals surface area contributed by atoms with Gasteiger partial charge in [0, 0.05) is 37.9 Å². The molecule has 0 aliphatic carbocycles. The highest BCUT2D eigenvalue weighted by Gasteiger charge is 2.20. The molecule has 1 aliphatic heterocycles. The molecule has 0 atom stereocenters. The number of hydrogen-bond donors (Lipinski definition) is 0. The van der Waals surface area contributed by atoms with Gasteiger partial charge in [-0.1, -0.05) is 18.2 Å². The highest BCUT2D eigenvalue weighted by molar-refractivity contribution is 5.82. The van der Waals surface area contributed by atoms with Crippen molar-refractivity contribution >= 4 is 22.5 Å². The molecule has 0 unspecified atom stereocenters. The van der Waals surface area contributed by atoms with Crippen molar-refractivity contribution in [3.8, 4) is 0 Å². The number of para-hydroxylation sites is 1. The Morgan fingerprint density at radius 2 is 1.68 bits per heavy atom. The smallest absolute Gasteiger partial charge is 0.251 e. The quantitative estimate of drug-likeness (QED) is 0.703. The number of rotatable bonds is 3. The maximum atomic E-state index is 13.2. The average Bonchev–Trinajstić information content (AvgIpc) is 2.97. The van der Waals surface area contributed by atoms with Crippen LogP contribution in [0.4, 0.5) is 10.1 Å². The summed E-state index contributed by atoms with van der Waals surface area (Å²) in [5, 5.41) is 0.938. The first-order valence-electron chi connectivity index (χ1n) is 9.49. The number of carbonyl (C=O) groups excluding carboxylic acids is 1. The molecule has 1 aliphatic rings. The van der Waals surface area contributed by atoms with Crippen molar-refractivity contribution < 1.29 is 9.18 Å². The largest absolute Gasteiger partial charge is 0.370 e. The molecule has 1 saturated heterocycles. The van der Waals surface area contributed by atoms with Gasteiger partial charge in [0.25, 0.3) is 5.56 Å². The summed E-state index contributed by atoms with van der Waals surface area (Å²) in [7, 11) is 0. The molecule has 1 amide bonds. The number of amides is 1. The second-order valence-corrected chi connectivity index (χ2v) is 7.01. The summed E-state index contributed by atoms with van der Waals surface area (Å²) in [6.07, 6.45) is 0.827. The predicted molar refractivity (Wildman–Crippen MR) is 108 cm³/mol. The SMILES string of the molecule is O=C(Cn1c(=O)ccc2ccccc21)N1CCCN(c2ccc(F)cc2)CC1. The van der Waals surface area contributed by atoms with E-state index >= 15 is 0 Å². The van der Waals surface area contributed by atoms with Gasteiger partial charge in [-0.3, -0.25) is 14.2 Å². The number of hydrogen-bond acceptors (Lipinski definition) is 3. The number of anilines is 1. The molecule has 2 aromatic carbocycles. The molecule has 0 saturated carbocycles. The standard InChI is InChI=1S/C22H22FN3O2/c23-18-7-9-19(10-8-18)24-12-3-13-25(15-14-24)22(28)16-26-20-5-2-1-4-17(20)6-11-21(26)27/h1-2,4-11H,3,12-16H2. The predicted octanol–water partition coefficient (Wildman–Crippen LogP) is 2.88. The molecule has 1 fully saturated rings. The molecule has 0 spiro atoms. The van der Waals surface area contributed by atoms with Gasteiger partial charge in [-0.2, -0.15) is 0 Å². The van der Waals surface area contributed by atoms with E-state index in [0.29, 0.717) is 19.6 Å². The molecule has 144 valence electrons. The number of carbonyl (C=O) groups is 1. The molecule has 0 bridgehead atoms. The van der Waals surface area contributed by atoms with E-state index in [2.05, 4.69) is 4.90 Å². The molecular formula is C22H22FN3O2. The third-order valence-corrected chi connectivity index (χ3v) is 5.23. The lowest BCUT2D eigenvalue weighted by Gasteiger charge is -2.24. The fraction of sp³-hybridized carbons (Fsp3) is 0.273. The summed E-state index contributed by atoms with van der Waals surface area (Å²) in [5.74, 6) is -0.310. The Hall–Kier alpha value is -3.15. The van der Waals surface area contributed by atoms with Crippen LogP contribution in [0, 0.1) is 5.82 Å². The number of fused-ring (bicyclic) bond motifs is 1. The number of benzene rings is 2. The molecular weight excluding hydrogens is 357 g/mol. The molecule has 3 aromatic rings.